The van der Waals surface area contributed by atoms with Gasteiger partial charge in [-0.1, -0.05) is 13.8 Å². The maximum Gasteiger partial charge on any atom is 0.286 e. The van der Waals surface area contributed by atoms with Crippen LogP contribution in [-0.2, 0) is 0 Å². The van der Waals surface area contributed by atoms with Gasteiger partial charge in [0, 0.05) is 12.1 Å². The molecule has 15 heavy (non-hydrogen) atoms. The molecule has 0 saturated carbocycles. The molecular weight excluding hydrogens is 196 g/mol. The molecule has 0 aromatic carbocycles. The molecule has 78 valence electrons. The predicted octanol–water partition coefficient (Wildman–Crippen LogP) is -0.474. The zero-order valence-corrected chi connectivity index (χ0v) is 8.38. The van der Waals surface area contributed by atoms with Crippen LogP contribution in [-0.4, -0.2) is 24.7 Å². The quantitative estimate of drug-likeness (QED) is 0.682. The number of aromatic nitrogens is 4. The van der Waals surface area contributed by atoms with E-state index in [4.69, 9.17) is 0 Å². The van der Waals surface area contributed by atoms with Gasteiger partial charge in [0.05, 0.1) is 5.22 Å². The van der Waals surface area contributed by atoms with Crippen molar-refractivity contribution in [3.63, 3.8) is 0 Å². The standard InChI is InChI=1S/C9H10N4O2/c1-5(2)7(14)6-3-10-9-11-4-12-13(9)8(6)15/h3-5,14H,1-2H3. The van der Waals surface area contributed by atoms with Crippen LogP contribution in [0.1, 0.15) is 13.8 Å². The first-order chi connectivity index (χ1) is 7.11. The third kappa shape index (κ3) is 1.43. The molecule has 0 unspecified atom stereocenters. The van der Waals surface area contributed by atoms with Gasteiger partial charge in [0.2, 0.25) is 0 Å². The van der Waals surface area contributed by atoms with Gasteiger partial charge in [0.1, 0.15) is 12.1 Å². The molecule has 0 aliphatic rings. The molecule has 0 aliphatic carbocycles. The number of hydrogen-bond donors (Lipinski definition) is 1. The van der Waals surface area contributed by atoms with E-state index in [1.54, 1.807) is 13.8 Å². The lowest BCUT2D eigenvalue weighted by molar-refractivity contribution is 0.445. The maximum atomic E-state index is 11.8. The normalized spacial score (nSPS) is 13.5. The van der Waals surface area contributed by atoms with E-state index in [0.29, 0.717) is 0 Å². The first-order valence-electron chi connectivity index (χ1n) is 4.53. The van der Waals surface area contributed by atoms with E-state index in [-0.39, 0.29) is 22.7 Å². The molecule has 0 radical (unpaired) electrons. The minimum atomic E-state index is -0.399. The van der Waals surface area contributed by atoms with Crippen molar-refractivity contribution in [3.8, 4) is 0 Å². The Morgan fingerprint density at radius 1 is 1.47 bits per heavy atom. The number of aliphatic hydroxyl groups is 1. The lowest BCUT2D eigenvalue weighted by Gasteiger charge is -2.01. The smallest absolute Gasteiger partial charge is 0.286 e. The van der Waals surface area contributed by atoms with Crippen molar-refractivity contribution >= 4 is 11.5 Å². The third-order valence-corrected chi connectivity index (χ3v) is 2.08. The predicted molar refractivity (Wildman–Crippen MR) is 53.1 cm³/mol. The van der Waals surface area contributed by atoms with Gasteiger partial charge in [-0.25, -0.2) is 4.98 Å². The van der Waals surface area contributed by atoms with E-state index in [0.717, 1.165) is 4.52 Å². The average molecular weight is 206 g/mol. The van der Waals surface area contributed by atoms with Crippen LogP contribution >= 0.6 is 0 Å². The van der Waals surface area contributed by atoms with Crippen molar-refractivity contribution in [2.24, 2.45) is 5.92 Å². The number of nitrogens with zero attached hydrogens (tertiary/aromatic N) is 4. The monoisotopic (exact) mass is 206 g/mol. The van der Waals surface area contributed by atoms with Gasteiger partial charge in [-0.2, -0.15) is 14.6 Å². The molecule has 1 N–H and O–H groups in total. The Bertz CT molecular complexity index is 602. The minimum absolute atomic E-state index is 0.0184. The highest BCUT2D eigenvalue weighted by Gasteiger charge is 2.08. The molecule has 0 amide bonds. The first-order valence-corrected chi connectivity index (χ1v) is 4.53. The van der Waals surface area contributed by atoms with Gasteiger partial charge in [0.25, 0.3) is 11.3 Å². The maximum absolute atomic E-state index is 11.8. The Morgan fingerprint density at radius 3 is 2.87 bits per heavy atom. The molecule has 2 rings (SSSR count). The fourth-order valence-electron chi connectivity index (χ4n) is 1.25. The molecule has 2 aromatic rings. The zero-order valence-electron chi connectivity index (χ0n) is 8.38. The van der Waals surface area contributed by atoms with Gasteiger partial charge in [-0.05, 0) is 0 Å². The molecule has 2 aromatic heterocycles. The van der Waals surface area contributed by atoms with Crippen molar-refractivity contribution in [3.05, 3.63) is 28.1 Å². The van der Waals surface area contributed by atoms with Gasteiger partial charge < -0.3 is 5.11 Å². The summed E-state index contributed by atoms with van der Waals surface area (Å²) >= 11 is 0. The molecule has 2 heterocycles. The van der Waals surface area contributed by atoms with E-state index < -0.39 is 5.56 Å². The Hall–Kier alpha value is -1.98. The van der Waals surface area contributed by atoms with Crippen LogP contribution < -0.4 is 10.8 Å². The highest BCUT2D eigenvalue weighted by atomic mass is 16.3. The summed E-state index contributed by atoms with van der Waals surface area (Å²) in [7, 11) is 0. The summed E-state index contributed by atoms with van der Waals surface area (Å²) in [6.07, 6.45) is 2.57. The van der Waals surface area contributed by atoms with Crippen LogP contribution in [0.2, 0.25) is 0 Å². The zero-order chi connectivity index (χ0) is 11.0. The second-order valence-corrected chi connectivity index (χ2v) is 3.49. The van der Waals surface area contributed by atoms with Crippen LogP contribution in [0.3, 0.4) is 0 Å². The topological polar surface area (TPSA) is 80.4 Å². The van der Waals surface area contributed by atoms with E-state index in [9.17, 15) is 9.90 Å². The molecule has 0 fully saturated rings. The fourth-order valence-corrected chi connectivity index (χ4v) is 1.25. The summed E-state index contributed by atoms with van der Waals surface area (Å²) in [4.78, 5) is 19.5. The summed E-state index contributed by atoms with van der Waals surface area (Å²) in [6.45, 7) is 3.58. The van der Waals surface area contributed by atoms with Crippen molar-refractivity contribution < 1.29 is 5.11 Å². The van der Waals surface area contributed by atoms with Gasteiger partial charge >= 0.3 is 0 Å². The summed E-state index contributed by atoms with van der Waals surface area (Å²) in [5.74, 6) is 0.130. The largest absolute Gasteiger partial charge is 0.511 e. The molecule has 6 heteroatoms. The van der Waals surface area contributed by atoms with Crippen LogP contribution in [0.15, 0.2) is 17.3 Å². The SMILES string of the molecule is CC(C)C(O)=c1cnc2ncnn2c1=O. The molecule has 0 spiro atoms. The van der Waals surface area contributed by atoms with Crippen LogP contribution in [0.5, 0.6) is 0 Å². The Labute approximate surface area is 84.9 Å². The van der Waals surface area contributed by atoms with Crippen molar-refractivity contribution in [2.75, 3.05) is 0 Å². The molecule has 0 bridgehead atoms. The number of aliphatic hydroxyl groups excluding tert-OH is 1. The van der Waals surface area contributed by atoms with Crippen LogP contribution in [0.4, 0.5) is 0 Å². The lowest BCUT2D eigenvalue weighted by atomic mass is 10.1. The summed E-state index contributed by atoms with van der Waals surface area (Å²) in [5, 5.41) is 13.6. The van der Waals surface area contributed by atoms with Gasteiger partial charge in [-0.15, -0.1) is 0 Å². The van der Waals surface area contributed by atoms with Crippen LogP contribution in [0, 0.1) is 5.92 Å². The fraction of sp³-hybridized carbons (Fsp3) is 0.333. The second-order valence-electron chi connectivity index (χ2n) is 3.49. The molecule has 0 saturated heterocycles. The lowest BCUT2D eigenvalue weighted by Crippen LogP contribution is -2.34. The molecule has 0 atom stereocenters. The van der Waals surface area contributed by atoms with Crippen molar-refractivity contribution in [1.82, 2.24) is 19.6 Å². The molecule has 6 nitrogen and oxygen atoms in total. The highest BCUT2D eigenvalue weighted by Crippen LogP contribution is 2.02. The summed E-state index contributed by atoms with van der Waals surface area (Å²) < 4.78 is 1.06. The van der Waals surface area contributed by atoms with Crippen molar-refractivity contribution in [2.45, 2.75) is 13.8 Å². The van der Waals surface area contributed by atoms with E-state index in [2.05, 4.69) is 15.1 Å². The summed E-state index contributed by atoms with van der Waals surface area (Å²) in [6, 6.07) is 0. The van der Waals surface area contributed by atoms with Gasteiger partial charge in [-0.3, -0.25) is 4.79 Å². The third-order valence-electron chi connectivity index (χ3n) is 2.08. The van der Waals surface area contributed by atoms with E-state index in [1.165, 1.54) is 12.5 Å². The number of fused-ring (bicyclic) bond motifs is 1. The minimum Gasteiger partial charge on any atom is -0.511 e. The Kier molecular flexibility index (Phi) is 2.11. The second kappa shape index (κ2) is 3.30. The Balaban J connectivity index is 2.90. The van der Waals surface area contributed by atoms with Gasteiger partial charge in [0.15, 0.2) is 0 Å². The van der Waals surface area contributed by atoms with Crippen molar-refractivity contribution in [1.29, 1.82) is 0 Å². The molecular formula is C9H10N4O2. The van der Waals surface area contributed by atoms with Crippen LogP contribution in [0.25, 0.3) is 11.5 Å². The average Bonchev–Trinajstić information content (AvgIpc) is 2.66. The first kappa shape index (κ1) is 9.57. The van der Waals surface area contributed by atoms with E-state index in [1.807, 2.05) is 0 Å². The number of rotatable bonds is 1. The van der Waals surface area contributed by atoms with E-state index >= 15 is 0 Å². The number of hydrogen-bond acceptors (Lipinski definition) is 5. The Morgan fingerprint density at radius 2 is 2.20 bits per heavy atom. The summed E-state index contributed by atoms with van der Waals surface area (Å²) in [5.41, 5.74) is -0.399. The highest BCUT2D eigenvalue weighted by molar-refractivity contribution is 5.36. The molecule has 0 aliphatic heterocycles.